The molecule has 3 aliphatic heterocycles. The van der Waals surface area contributed by atoms with Gasteiger partial charge in [0.15, 0.2) is 5.11 Å². The first-order chi connectivity index (χ1) is 19.0. The van der Waals surface area contributed by atoms with Crippen LogP contribution in [-0.2, 0) is 11.0 Å². The maximum absolute atomic E-state index is 13.4. The van der Waals surface area contributed by atoms with E-state index in [2.05, 4.69) is 28.5 Å². The van der Waals surface area contributed by atoms with Crippen LogP contribution in [0.15, 0.2) is 18.2 Å². The molecule has 0 N–H and O–H groups in total. The van der Waals surface area contributed by atoms with Gasteiger partial charge in [-0.05, 0) is 75.6 Å². The van der Waals surface area contributed by atoms with Crippen molar-refractivity contribution in [2.75, 3.05) is 50.7 Å². The number of alkyl halides is 3. The lowest BCUT2D eigenvalue weighted by molar-refractivity contribution is -0.138. The van der Waals surface area contributed by atoms with Crippen molar-refractivity contribution in [3.8, 4) is 6.07 Å². The van der Waals surface area contributed by atoms with Crippen LogP contribution in [0.3, 0.4) is 0 Å². The number of carbonyl (C=O) groups is 1. The molecule has 1 aromatic carbocycles. The van der Waals surface area contributed by atoms with E-state index in [9.17, 15) is 18.0 Å². The number of hydrogen-bond acceptors (Lipinski definition) is 4. The van der Waals surface area contributed by atoms with Gasteiger partial charge in [0, 0.05) is 49.9 Å². The largest absolute Gasteiger partial charge is 0.417 e. The zero-order valence-electron chi connectivity index (χ0n) is 23.8. The quantitative estimate of drug-likeness (QED) is 0.223. The number of likely N-dealkylation sites (tertiary alicyclic amines) is 2. The fourth-order valence-electron chi connectivity index (χ4n) is 6.41. The number of nitriles is 1. The Kier molecular flexibility index (Phi) is 9.99. The third kappa shape index (κ3) is 7.27. The predicted octanol–water partition coefficient (Wildman–Crippen LogP) is 6.05. The number of thiocarbonyl (C=S) groups is 1. The van der Waals surface area contributed by atoms with Gasteiger partial charge in [0.2, 0.25) is 5.91 Å². The molecular formula is C30H42F3N5OS. The van der Waals surface area contributed by atoms with Crippen molar-refractivity contribution in [3.05, 3.63) is 29.3 Å². The number of amides is 1. The molecule has 0 bridgehead atoms. The first-order valence-electron chi connectivity index (χ1n) is 14.7. The van der Waals surface area contributed by atoms with Gasteiger partial charge in [-0.2, -0.15) is 18.4 Å². The molecule has 3 saturated heterocycles. The monoisotopic (exact) mass is 577 g/mol. The van der Waals surface area contributed by atoms with Crippen LogP contribution in [0.25, 0.3) is 0 Å². The molecule has 1 unspecified atom stereocenters. The van der Waals surface area contributed by atoms with Gasteiger partial charge in [-0.1, -0.05) is 39.5 Å². The van der Waals surface area contributed by atoms with E-state index in [0.29, 0.717) is 35.8 Å². The van der Waals surface area contributed by atoms with E-state index in [1.807, 2.05) is 0 Å². The SMILES string of the molecule is CC1(C)CC(CN2CCCC2)N(CCCCCCCCN2CCN(c3ccc(C#N)c(C(F)(F)F)c3)C2=S)C1=O. The van der Waals surface area contributed by atoms with Crippen molar-refractivity contribution in [2.24, 2.45) is 5.41 Å². The van der Waals surface area contributed by atoms with Gasteiger partial charge in [-0.25, -0.2) is 0 Å². The van der Waals surface area contributed by atoms with Crippen molar-refractivity contribution in [1.29, 1.82) is 5.26 Å². The van der Waals surface area contributed by atoms with Crippen LogP contribution in [0.4, 0.5) is 18.9 Å². The number of carbonyl (C=O) groups excluding carboxylic acids is 1. The Morgan fingerprint density at radius 3 is 2.30 bits per heavy atom. The lowest BCUT2D eigenvalue weighted by Gasteiger charge is -2.28. The Labute approximate surface area is 242 Å². The van der Waals surface area contributed by atoms with E-state index in [1.54, 1.807) is 11.0 Å². The van der Waals surface area contributed by atoms with Gasteiger partial charge < -0.3 is 19.6 Å². The summed E-state index contributed by atoms with van der Waals surface area (Å²) in [6, 6.07) is 5.75. The maximum Gasteiger partial charge on any atom is 0.417 e. The molecule has 0 aromatic heterocycles. The lowest BCUT2D eigenvalue weighted by Crippen LogP contribution is -2.42. The first-order valence-corrected chi connectivity index (χ1v) is 15.1. The van der Waals surface area contributed by atoms with Crippen LogP contribution in [0.2, 0.25) is 0 Å². The number of anilines is 1. The predicted molar refractivity (Wildman–Crippen MR) is 155 cm³/mol. The molecule has 4 rings (SSSR count). The van der Waals surface area contributed by atoms with E-state index in [4.69, 9.17) is 17.5 Å². The van der Waals surface area contributed by atoms with Gasteiger partial charge >= 0.3 is 6.18 Å². The Morgan fingerprint density at radius 2 is 1.65 bits per heavy atom. The Hall–Kier alpha value is -2.38. The van der Waals surface area contributed by atoms with Crippen LogP contribution >= 0.6 is 12.2 Å². The first kappa shape index (κ1) is 30.6. The van der Waals surface area contributed by atoms with Gasteiger partial charge in [0.05, 0.1) is 17.2 Å². The highest BCUT2D eigenvalue weighted by Crippen LogP contribution is 2.37. The van der Waals surface area contributed by atoms with Gasteiger partial charge in [-0.15, -0.1) is 0 Å². The molecule has 3 aliphatic rings. The fraction of sp³-hybridized carbons (Fsp3) is 0.700. The zero-order chi connectivity index (χ0) is 28.9. The molecule has 40 heavy (non-hydrogen) atoms. The van der Waals surface area contributed by atoms with Gasteiger partial charge in [0.25, 0.3) is 0 Å². The number of unbranched alkanes of at least 4 members (excludes halogenated alkanes) is 5. The normalized spacial score (nSPS) is 21.6. The molecule has 1 aromatic rings. The average molecular weight is 578 g/mol. The zero-order valence-corrected chi connectivity index (χ0v) is 24.6. The van der Waals surface area contributed by atoms with E-state index in [1.165, 1.54) is 25.0 Å². The van der Waals surface area contributed by atoms with E-state index in [0.717, 1.165) is 83.7 Å². The summed E-state index contributed by atoms with van der Waals surface area (Å²) in [5.74, 6) is 0.308. The average Bonchev–Trinajstić information content (AvgIpc) is 3.60. The van der Waals surface area contributed by atoms with Crippen LogP contribution < -0.4 is 4.90 Å². The molecule has 0 radical (unpaired) electrons. The third-order valence-electron chi connectivity index (χ3n) is 8.61. The highest BCUT2D eigenvalue weighted by molar-refractivity contribution is 7.80. The van der Waals surface area contributed by atoms with Crippen molar-refractivity contribution < 1.29 is 18.0 Å². The number of hydrogen-bond donors (Lipinski definition) is 0. The van der Waals surface area contributed by atoms with Gasteiger partial charge in [0.1, 0.15) is 0 Å². The second-order valence-corrected chi connectivity index (χ2v) is 12.5. The summed E-state index contributed by atoms with van der Waals surface area (Å²) in [7, 11) is 0. The summed E-state index contributed by atoms with van der Waals surface area (Å²) in [5, 5.41) is 9.58. The molecule has 220 valence electrons. The Morgan fingerprint density at radius 1 is 1.00 bits per heavy atom. The summed E-state index contributed by atoms with van der Waals surface area (Å²) < 4.78 is 40.1. The molecule has 0 aliphatic carbocycles. The summed E-state index contributed by atoms with van der Waals surface area (Å²) in [6.07, 6.45) is 5.34. The molecule has 0 saturated carbocycles. The van der Waals surface area contributed by atoms with Gasteiger partial charge in [-0.3, -0.25) is 4.79 Å². The second-order valence-electron chi connectivity index (χ2n) is 12.1. The smallest absolute Gasteiger partial charge is 0.347 e. The molecular weight excluding hydrogens is 535 g/mol. The van der Waals surface area contributed by atoms with Crippen molar-refractivity contribution in [2.45, 2.75) is 83.9 Å². The van der Waals surface area contributed by atoms with E-state index >= 15 is 0 Å². The lowest BCUT2D eigenvalue weighted by atomic mass is 9.90. The van der Waals surface area contributed by atoms with Crippen LogP contribution in [0, 0.1) is 16.7 Å². The standard InChI is InChI=1S/C30H42F3N5OS/c1-29(2)20-25(22-35-13-9-10-14-35)37(27(29)39)16-8-6-4-3-5-7-15-36-17-18-38(28(36)40)24-12-11-23(21-34)26(19-24)30(31,32)33/h11-12,19,25H,3-10,13-18,20,22H2,1-2H3. The fourth-order valence-corrected chi connectivity index (χ4v) is 6.78. The third-order valence-corrected chi connectivity index (χ3v) is 9.09. The number of rotatable bonds is 12. The highest BCUT2D eigenvalue weighted by Gasteiger charge is 2.45. The van der Waals surface area contributed by atoms with Crippen LogP contribution in [-0.4, -0.2) is 77.6 Å². The summed E-state index contributed by atoms with van der Waals surface area (Å²) in [4.78, 5) is 21.5. The number of benzene rings is 1. The molecule has 3 heterocycles. The Bertz CT molecular complexity index is 1100. The minimum atomic E-state index is -4.59. The van der Waals surface area contributed by atoms with Crippen LogP contribution in [0.5, 0.6) is 0 Å². The van der Waals surface area contributed by atoms with E-state index in [-0.39, 0.29) is 11.0 Å². The summed E-state index contributed by atoms with van der Waals surface area (Å²) in [5.41, 5.74) is -1.18. The van der Waals surface area contributed by atoms with Crippen molar-refractivity contribution >= 4 is 28.9 Å². The second kappa shape index (κ2) is 13.1. The summed E-state index contributed by atoms with van der Waals surface area (Å²) >= 11 is 5.58. The van der Waals surface area contributed by atoms with Crippen molar-refractivity contribution in [3.63, 3.8) is 0 Å². The minimum Gasteiger partial charge on any atom is -0.347 e. The molecule has 6 nitrogen and oxygen atoms in total. The molecule has 10 heteroatoms. The Balaban J connectivity index is 1.14. The van der Waals surface area contributed by atoms with Crippen LogP contribution in [0.1, 0.15) is 82.8 Å². The van der Waals surface area contributed by atoms with Crippen molar-refractivity contribution in [1.82, 2.24) is 14.7 Å². The maximum atomic E-state index is 13.4. The highest BCUT2D eigenvalue weighted by atomic mass is 32.1. The number of halogens is 3. The number of nitrogens with zero attached hydrogens (tertiary/aromatic N) is 5. The molecule has 1 atom stereocenters. The molecule has 1 amide bonds. The minimum absolute atomic E-state index is 0.253. The molecule has 0 spiro atoms. The molecule has 3 fully saturated rings. The topological polar surface area (TPSA) is 53.8 Å². The summed E-state index contributed by atoms with van der Waals surface area (Å²) in [6.45, 7) is 10.4. The van der Waals surface area contributed by atoms with E-state index < -0.39 is 11.7 Å².